The molecule has 0 aliphatic carbocycles. The Kier molecular flexibility index (Phi) is 5.13. The van der Waals surface area contributed by atoms with Crippen LogP contribution in [0.2, 0.25) is 0 Å². The van der Waals surface area contributed by atoms with Gasteiger partial charge in [-0.25, -0.2) is 4.68 Å². The lowest BCUT2D eigenvalue weighted by Gasteiger charge is -2.15. The van der Waals surface area contributed by atoms with Gasteiger partial charge in [0.25, 0.3) is 0 Å². The van der Waals surface area contributed by atoms with Crippen LogP contribution in [0.4, 0.5) is 0 Å². The number of methoxy groups -OCH3 is 1. The Morgan fingerprint density at radius 3 is 2.92 bits per heavy atom. The molecule has 130 valence electrons. The zero-order valence-electron chi connectivity index (χ0n) is 14.3. The molecular formula is C18H21N5O2. The summed E-state index contributed by atoms with van der Waals surface area (Å²) < 4.78 is 8.66. The Balaban J connectivity index is 1.64. The number of nitrogens with zero attached hydrogens (tertiary/aromatic N) is 4. The topological polar surface area (TPSA) is 74.0 Å². The van der Waals surface area contributed by atoms with Crippen LogP contribution in [0.25, 0.3) is 5.69 Å². The molecule has 0 fully saturated rings. The normalized spacial score (nSPS) is 11.9. The minimum Gasteiger partial charge on any atom is -0.497 e. The van der Waals surface area contributed by atoms with Crippen molar-refractivity contribution in [2.24, 2.45) is 0 Å². The van der Waals surface area contributed by atoms with E-state index in [0.29, 0.717) is 13.0 Å². The van der Waals surface area contributed by atoms with Gasteiger partial charge in [-0.2, -0.15) is 10.2 Å². The first-order valence-electron chi connectivity index (χ1n) is 8.16. The lowest BCUT2D eigenvalue weighted by atomic mass is 10.2. The van der Waals surface area contributed by atoms with Gasteiger partial charge in [0.1, 0.15) is 11.8 Å². The van der Waals surface area contributed by atoms with Crippen molar-refractivity contribution in [3.8, 4) is 11.4 Å². The van der Waals surface area contributed by atoms with Crippen molar-refractivity contribution in [2.75, 3.05) is 7.11 Å². The number of benzene rings is 1. The molecule has 0 aliphatic rings. The Morgan fingerprint density at radius 2 is 2.20 bits per heavy atom. The number of carbonyl (C=O) groups excluding carboxylic acids is 1. The lowest BCUT2D eigenvalue weighted by Crippen LogP contribution is -2.32. The molecule has 2 aromatic heterocycles. The van der Waals surface area contributed by atoms with Crippen LogP contribution in [0.5, 0.6) is 5.75 Å². The largest absolute Gasteiger partial charge is 0.497 e. The van der Waals surface area contributed by atoms with E-state index in [9.17, 15) is 4.79 Å². The van der Waals surface area contributed by atoms with Crippen LogP contribution in [0.3, 0.4) is 0 Å². The minimum absolute atomic E-state index is 0.0552. The van der Waals surface area contributed by atoms with Crippen molar-refractivity contribution < 1.29 is 9.53 Å². The molecule has 0 radical (unpaired) electrons. The Morgan fingerprint density at radius 1 is 1.32 bits per heavy atom. The Labute approximate surface area is 146 Å². The second kappa shape index (κ2) is 7.65. The SMILES string of the molecule is CCC(C(=O)NCc1cnn(-c2cccc(OC)c2)c1)n1cccn1. The monoisotopic (exact) mass is 339 g/mol. The zero-order valence-corrected chi connectivity index (χ0v) is 14.3. The van der Waals surface area contributed by atoms with E-state index in [-0.39, 0.29) is 11.9 Å². The highest BCUT2D eigenvalue weighted by atomic mass is 16.5. The second-order valence-electron chi connectivity index (χ2n) is 5.62. The molecule has 0 bridgehead atoms. The van der Waals surface area contributed by atoms with Crippen molar-refractivity contribution in [3.05, 3.63) is 60.7 Å². The van der Waals surface area contributed by atoms with Crippen LogP contribution >= 0.6 is 0 Å². The fourth-order valence-electron chi connectivity index (χ4n) is 2.61. The molecule has 7 nitrogen and oxygen atoms in total. The maximum Gasteiger partial charge on any atom is 0.245 e. The molecule has 1 amide bonds. The van der Waals surface area contributed by atoms with E-state index >= 15 is 0 Å². The predicted molar refractivity (Wildman–Crippen MR) is 93.5 cm³/mol. The second-order valence-corrected chi connectivity index (χ2v) is 5.62. The molecule has 1 aromatic carbocycles. The number of ether oxygens (including phenoxy) is 1. The smallest absolute Gasteiger partial charge is 0.245 e. The van der Waals surface area contributed by atoms with E-state index in [0.717, 1.165) is 17.0 Å². The maximum absolute atomic E-state index is 12.4. The number of aromatic nitrogens is 4. The number of nitrogens with one attached hydrogen (secondary N) is 1. The van der Waals surface area contributed by atoms with Crippen molar-refractivity contribution in [1.82, 2.24) is 24.9 Å². The number of carbonyl (C=O) groups is 1. The molecule has 1 unspecified atom stereocenters. The van der Waals surface area contributed by atoms with Gasteiger partial charge in [-0.1, -0.05) is 13.0 Å². The van der Waals surface area contributed by atoms with Crippen LogP contribution < -0.4 is 10.1 Å². The van der Waals surface area contributed by atoms with E-state index in [1.54, 1.807) is 35.1 Å². The van der Waals surface area contributed by atoms with Crippen LogP contribution in [0.1, 0.15) is 24.9 Å². The molecule has 3 aromatic rings. The van der Waals surface area contributed by atoms with Crippen molar-refractivity contribution in [2.45, 2.75) is 25.9 Å². The number of hydrogen-bond donors (Lipinski definition) is 1. The molecule has 0 spiro atoms. The summed E-state index contributed by atoms with van der Waals surface area (Å²) in [4.78, 5) is 12.4. The summed E-state index contributed by atoms with van der Waals surface area (Å²) in [6.45, 7) is 2.38. The molecule has 0 saturated carbocycles. The van der Waals surface area contributed by atoms with E-state index < -0.39 is 0 Å². The van der Waals surface area contributed by atoms with Gasteiger partial charge in [0.15, 0.2) is 0 Å². The molecule has 1 N–H and O–H groups in total. The molecule has 3 rings (SSSR count). The van der Waals surface area contributed by atoms with E-state index in [2.05, 4.69) is 15.5 Å². The first-order valence-corrected chi connectivity index (χ1v) is 8.16. The fraction of sp³-hybridized carbons (Fsp3) is 0.278. The summed E-state index contributed by atoms with van der Waals surface area (Å²) in [7, 11) is 1.63. The molecule has 7 heteroatoms. The van der Waals surface area contributed by atoms with Crippen molar-refractivity contribution >= 4 is 5.91 Å². The average Bonchev–Trinajstić information content (AvgIpc) is 3.33. The third-order valence-corrected chi connectivity index (χ3v) is 3.95. The standard InChI is InChI=1S/C18H21N5O2/c1-3-17(22-9-5-8-20-22)18(24)19-11-14-12-21-23(13-14)15-6-4-7-16(10-15)25-2/h4-10,12-13,17H,3,11H2,1-2H3,(H,19,24). The summed E-state index contributed by atoms with van der Waals surface area (Å²) >= 11 is 0. The molecule has 0 aliphatic heterocycles. The van der Waals surface area contributed by atoms with Gasteiger partial charge in [-0.05, 0) is 24.6 Å². The van der Waals surface area contributed by atoms with Crippen LogP contribution in [-0.2, 0) is 11.3 Å². The Hall–Kier alpha value is -3.09. The van der Waals surface area contributed by atoms with Gasteiger partial charge >= 0.3 is 0 Å². The van der Waals surface area contributed by atoms with Gasteiger partial charge in [0, 0.05) is 36.8 Å². The summed E-state index contributed by atoms with van der Waals surface area (Å²) in [6, 6.07) is 9.15. The quantitative estimate of drug-likeness (QED) is 0.717. The molecule has 25 heavy (non-hydrogen) atoms. The average molecular weight is 339 g/mol. The van der Waals surface area contributed by atoms with Gasteiger partial charge < -0.3 is 10.1 Å². The van der Waals surface area contributed by atoms with E-state index in [4.69, 9.17) is 4.74 Å². The van der Waals surface area contributed by atoms with Gasteiger partial charge in [-0.15, -0.1) is 0 Å². The highest BCUT2D eigenvalue weighted by molar-refractivity contribution is 5.80. The maximum atomic E-state index is 12.4. The van der Waals surface area contributed by atoms with Crippen LogP contribution in [-0.4, -0.2) is 32.6 Å². The first-order chi connectivity index (χ1) is 12.2. The molecule has 1 atom stereocenters. The fourth-order valence-corrected chi connectivity index (χ4v) is 2.61. The van der Waals surface area contributed by atoms with Gasteiger partial charge in [0.05, 0.1) is 19.0 Å². The highest BCUT2D eigenvalue weighted by Crippen LogP contribution is 2.16. The van der Waals surface area contributed by atoms with Crippen LogP contribution in [0, 0.1) is 0 Å². The summed E-state index contributed by atoms with van der Waals surface area (Å²) in [5.41, 5.74) is 1.83. The number of amides is 1. The van der Waals surface area contributed by atoms with E-state index in [1.165, 1.54) is 0 Å². The highest BCUT2D eigenvalue weighted by Gasteiger charge is 2.18. The zero-order chi connectivity index (χ0) is 17.6. The molecule has 2 heterocycles. The third kappa shape index (κ3) is 3.88. The van der Waals surface area contributed by atoms with E-state index in [1.807, 2.05) is 43.5 Å². The number of rotatable bonds is 7. The predicted octanol–water partition coefficient (Wildman–Crippen LogP) is 2.34. The van der Waals surface area contributed by atoms with Gasteiger partial charge in [-0.3, -0.25) is 9.48 Å². The lowest BCUT2D eigenvalue weighted by molar-refractivity contribution is -0.124. The van der Waals surface area contributed by atoms with Crippen molar-refractivity contribution in [3.63, 3.8) is 0 Å². The minimum atomic E-state index is -0.302. The summed E-state index contributed by atoms with van der Waals surface area (Å²) in [6.07, 6.45) is 7.79. The first kappa shape index (κ1) is 16.8. The van der Waals surface area contributed by atoms with Crippen molar-refractivity contribution in [1.29, 1.82) is 0 Å². The number of hydrogen-bond acceptors (Lipinski definition) is 4. The summed E-state index contributed by atoms with van der Waals surface area (Å²) in [5.74, 6) is 0.716. The molecular weight excluding hydrogens is 318 g/mol. The Bertz CT molecular complexity index is 826. The van der Waals surface area contributed by atoms with Gasteiger partial charge in [0.2, 0.25) is 5.91 Å². The third-order valence-electron chi connectivity index (χ3n) is 3.95. The van der Waals surface area contributed by atoms with Crippen LogP contribution in [0.15, 0.2) is 55.1 Å². The summed E-state index contributed by atoms with van der Waals surface area (Å²) in [5, 5.41) is 11.4. The molecule has 0 saturated heterocycles.